The van der Waals surface area contributed by atoms with E-state index in [1.165, 1.54) is 9.60 Å². The Morgan fingerprint density at radius 1 is 1.17 bits per heavy atom. The molecule has 1 amide bonds. The summed E-state index contributed by atoms with van der Waals surface area (Å²) < 4.78 is 6.53. The smallest absolute Gasteiger partial charge is 0.227 e. The summed E-state index contributed by atoms with van der Waals surface area (Å²) in [6.45, 7) is 5.12. The molecule has 2 aromatic carbocycles. The van der Waals surface area contributed by atoms with Crippen LogP contribution in [0.25, 0.3) is 10.2 Å². The lowest BCUT2D eigenvalue weighted by Gasteiger charge is -2.34. The van der Waals surface area contributed by atoms with Gasteiger partial charge in [0.15, 0.2) is 5.13 Å². The number of nitrogens with zero attached hydrogens (tertiary/aromatic N) is 3. The third-order valence-electron chi connectivity index (χ3n) is 5.30. The average molecular weight is 428 g/mol. The van der Waals surface area contributed by atoms with Crippen molar-refractivity contribution in [1.29, 1.82) is 0 Å². The topological polar surface area (TPSA) is 45.7 Å². The van der Waals surface area contributed by atoms with Crippen LogP contribution in [-0.4, -0.2) is 55.3 Å². The number of hydrogen-bond acceptors (Lipinski definition) is 6. The third kappa shape index (κ3) is 4.36. The van der Waals surface area contributed by atoms with E-state index in [0.717, 1.165) is 53.7 Å². The van der Waals surface area contributed by atoms with E-state index in [0.29, 0.717) is 6.42 Å². The highest BCUT2D eigenvalue weighted by molar-refractivity contribution is 7.98. The number of aromatic nitrogens is 1. The number of benzene rings is 2. The SMILES string of the molecule is COc1ccc(CC(=O)N2CCN(c3nc4ccc(SC)cc4s3)CC2)cc1C. The van der Waals surface area contributed by atoms with Crippen molar-refractivity contribution in [2.24, 2.45) is 0 Å². The monoisotopic (exact) mass is 427 g/mol. The second kappa shape index (κ2) is 8.63. The molecular weight excluding hydrogens is 402 g/mol. The van der Waals surface area contributed by atoms with Gasteiger partial charge in [-0.2, -0.15) is 0 Å². The molecule has 152 valence electrons. The van der Waals surface area contributed by atoms with E-state index in [1.54, 1.807) is 30.2 Å². The van der Waals surface area contributed by atoms with E-state index < -0.39 is 0 Å². The van der Waals surface area contributed by atoms with Crippen LogP contribution in [-0.2, 0) is 11.2 Å². The highest BCUT2D eigenvalue weighted by Gasteiger charge is 2.23. The maximum atomic E-state index is 12.7. The van der Waals surface area contributed by atoms with Crippen LogP contribution >= 0.6 is 23.1 Å². The molecule has 0 unspecified atom stereocenters. The van der Waals surface area contributed by atoms with Crippen LogP contribution in [0.5, 0.6) is 5.75 Å². The standard InChI is InChI=1S/C22H25N3O2S2/c1-15-12-16(4-7-19(15)27-2)13-21(26)24-8-10-25(11-9-24)22-23-18-6-5-17(28-3)14-20(18)29-22/h4-7,12,14H,8-11,13H2,1-3H3. The number of thioether (sulfide) groups is 1. The second-order valence-corrected chi connectivity index (χ2v) is 9.07. The number of methoxy groups -OCH3 is 1. The Bertz CT molecular complexity index is 1030. The fourth-order valence-electron chi connectivity index (χ4n) is 3.64. The molecule has 1 saturated heterocycles. The Kier molecular flexibility index (Phi) is 5.96. The van der Waals surface area contributed by atoms with E-state index in [-0.39, 0.29) is 5.91 Å². The van der Waals surface area contributed by atoms with Gasteiger partial charge in [-0.15, -0.1) is 11.8 Å². The molecule has 7 heteroatoms. The lowest BCUT2D eigenvalue weighted by Crippen LogP contribution is -2.49. The maximum absolute atomic E-state index is 12.7. The van der Waals surface area contributed by atoms with E-state index in [2.05, 4.69) is 29.4 Å². The van der Waals surface area contributed by atoms with Crippen molar-refractivity contribution in [2.45, 2.75) is 18.2 Å². The largest absolute Gasteiger partial charge is 0.496 e. The molecule has 0 aliphatic carbocycles. The van der Waals surface area contributed by atoms with E-state index in [4.69, 9.17) is 9.72 Å². The van der Waals surface area contributed by atoms with Crippen molar-refractivity contribution in [3.63, 3.8) is 0 Å². The van der Waals surface area contributed by atoms with Gasteiger partial charge in [-0.05, 0) is 48.6 Å². The molecule has 29 heavy (non-hydrogen) atoms. The number of amides is 1. The minimum atomic E-state index is 0.183. The van der Waals surface area contributed by atoms with Crippen LogP contribution in [0.2, 0.25) is 0 Å². The van der Waals surface area contributed by atoms with Gasteiger partial charge in [0, 0.05) is 31.1 Å². The zero-order chi connectivity index (χ0) is 20.4. The van der Waals surface area contributed by atoms with Crippen molar-refractivity contribution in [2.75, 3.05) is 44.4 Å². The van der Waals surface area contributed by atoms with Crippen LogP contribution < -0.4 is 9.64 Å². The number of rotatable bonds is 5. The molecule has 1 aliphatic heterocycles. The summed E-state index contributed by atoms with van der Waals surface area (Å²) in [4.78, 5) is 23.1. The number of carbonyl (C=O) groups excluding carboxylic acids is 1. The van der Waals surface area contributed by atoms with E-state index in [1.807, 2.05) is 30.0 Å². The first-order valence-corrected chi connectivity index (χ1v) is 11.7. The molecule has 0 bridgehead atoms. The predicted molar refractivity (Wildman–Crippen MR) is 122 cm³/mol. The van der Waals surface area contributed by atoms with Crippen LogP contribution in [0.4, 0.5) is 5.13 Å². The number of aryl methyl sites for hydroxylation is 1. The lowest BCUT2D eigenvalue weighted by molar-refractivity contribution is -0.130. The van der Waals surface area contributed by atoms with Gasteiger partial charge in [-0.25, -0.2) is 4.98 Å². The molecule has 0 radical (unpaired) electrons. The van der Waals surface area contributed by atoms with Crippen molar-refractivity contribution < 1.29 is 9.53 Å². The quantitative estimate of drug-likeness (QED) is 0.571. The summed E-state index contributed by atoms with van der Waals surface area (Å²) in [5.74, 6) is 1.04. The first-order chi connectivity index (χ1) is 14.1. The van der Waals surface area contributed by atoms with Crippen LogP contribution in [0.3, 0.4) is 0 Å². The fraction of sp³-hybridized carbons (Fsp3) is 0.364. The number of hydrogen-bond donors (Lipinski definition) is 0. The number of anilines is 1. The zero-order valence-corrected chi connectivity index (χ0v) is 18.6. The molecule has 5 nitrogen and oxygen atoms in total. The molecule has 0 atom stereocenters. The lowest BCUT2D eigenvalue weighted by atomic mass is 10.1. The summed E-state index contributed by atoms with van der Waals surface area (Å²) in [5.41, 5.74) is 3.14. The molecular formula is C22H25N3O2S2. The van der Waals surface area contributed by atoms with Gasteiger partial charge in [0.1, 0.15) is 5.75 Å². The van der Waals surface area contributed by atoms with E-state index >= 15 is 0 Å². The summed E-state index contributed by atoms with van der Waals surface area (Å²) in [6, 6.07) is 12.4. The fourth-order valence-corrected chi connectivity index (χ4v) is 5.21. The van der Waals surface area contributed by atoms with Crippen molar-refractivity contribution in [1.82, 2.24) is 9.88 Å². The molecule has 3 aromatic rings. The predicted octanol–water partition coefficient (Wildman–Crippen LogP) is 4.23. The number of carbonyl (C=O) groups is 1. The second-order valence-electron chi connectivity index (χ2n) is 7.18. The van der Waals surface area contributed by atoms with Crippen molar-refractivity contribution >= 4 is 44.4 Å². The Morgan fingerprint density at radius 2 is 1.97 bits per heavy atom. The summed E-state index contributed by atoms with van der Waals surface area (Å²) >= 11 is 3.49. The van der Waals surface area contributed by atoms with Gasteiger partial charge >= 0.3 is 0 Å². The number of ether oxygens (including phenoxy) is 1. The first-order valence-electron chi connectivity index (χ1n) is 9.68. The summed E-state index contributed by atoms with van der Waals surface area (Å²) in [6.07, 6.45) is 2.52. The highest BCUT2D eigenvalue weighted by Crippen LogP contribution is 2.32. The normalized spacial score (nSPS) is 14.4. The van der Waals surface area contributed by atoms with Gasteiger partial charge in [-0.1, -0.05) is 23.5 Å². The molecule has 0 N–H and O–H groups in total. The summed E-state index contributed by atoms with van der Waals surface area (Å²) in [7, 11) is 1.67. The van der Waals surface area contributed by atoms with Crippen LogP contribution in [0.1, 0.15) is 11.1 Å². The Labute approximate surface area is 179 Å². The molecule has 2 heterocycles. The Morgan fingerprint density at radius 3 is 2.66 bits per heavy atom. The van der Waals surface area contributed by atoms with Crippen LogP contribution in [0.15, 0.2) is 41.3 Å². The minimum Gasteiger partial charge on any atom is -0.496 e. The van der Waals surface area contributed by atoms with Gasteiger partial charge in [0.2, 0.25) is 5.91 Å². The highest BCUT2D eigenvalue weighted by atomic mass is 32.2. The van der Waals surface area contributed by atoms with Gasteiger partial charge in [0.05, 0.1) is 23.7 Å². The Hall–Kier alpha value is -2.25. The zero-order valence-electron chi connectivity index (χ0n) is 17.0. The molecule has 4 rings (SSSR count). The molecule has 1 aromatic heterocycles. The summed E-state index contributed by atoms with van der Waals surface area (Å²) in [5, 5.41) is 1.05. The molecule has 0 spiro atoms. The average Bonchev–Trinajstić information content (AvgIpc) is 3.17. The van der Waals surface area contributed by atoms with Crippen LogP contribution in [0, 0.1) is 6.92 Å². The van der Waals surface area contributed by atoms with E-state index in [9.17, 15) is 4.79 Å². The number of piperazine rings is 1. The number of fused-ring (bicyclic) bond motifs is 1. The van der Waals surface area contributed by atoms with Gasteiger partial charge in [0.25, 0.3) is 0 Å². The molecule has 0 saturated carbocycles. The maximum Gasteiger partial charge on any atom is 0.227 e. The number of thiazole rings is 1. The van der Waals surface area contributed by atoms with Gasteiger partial charge < -0.3 is 14.5 Å². The van der Waals surface area contributed by atoms with Crippen molar-refractivity contribution in [3.05, 3.63) is 47.5 Å². The van der Waals surface area contributed by atoms with Crippen molar-refractivity contribution in [3.8, 4) is 5.75 Å². The molecule has 1 aliphatic rings. The van der Waals surface area contributed by atoms with Gasteiger partial charge in [-0.3, -0.25) is 4.79 Å². The third-order valence-corrected chi connectivity index (χ3v) is 7.11. The Balaban J connectivity index is 1.37. The molecule has 1 fully saturated rings. The minimum absolute atomic E-state index is 0.183. The first kappa shape index (κ1) is 20.0.